The van der Waals surface area contributed by atoms with Gasteiger partial charge in [-0.1, -0.05) is 56.0 Å². The van der Waals surface area contributed by atoms with E-state index in [1.165, 1.54) is 19.3 Å². The lowest BCUT2D eigenvalue weighted by Gasteiger charge is -2.31. The van der Waals surface area contributed by atoms with E-state index in [0.717, 1.165) is 50.3 Å². The van der Waals surface area contributed by atoms with E-state index < -0.39 is 0 Å². The van der Waals surface area contributed by atoms with E-state index in [-0.39, 0.29) is 6.09 Å². The van der Waals surface area contributed by atoms with E-state index in [4.69, 9.17) is 9.84 Å². The first-order valence-corrected chi connectivity index (χ1v) is 8.86. The monoisotopic (exact) mass is 319 g/mol. The number of rotatable bonds is 8. The van der Waals surface area contributed by atoms with Crippen molar-refractivity contribution in [3.05, 3.63) is 35.9 Å². The first kappa shape index (κ1) is 17.8. The summed E-state index contributed by atoms with van der Waals surface area (Å²) >= 11 is 0. The number of nitrogens with zero attached hydrogens (tertiary/aromatic N) is 1. The van der Waals surface area contributed by atoms with E-state index in [9.17, 15) is 4.79 Å². The third-order valence-electron chi connectivity index (χ3n) is 4.60. The van der Waals surface area contributed by atoms with Gasteiger partial charge in [-0.2, -0.15) is 0 Å². The fourth-order valence-electron chi connectivity index (χ4n) is 3.11. The van der Waals surface area contributed by atoms with E-state index in [1.54, 1.807) is 0 Å². The molecular weight excluding hydrogens is 290 g/mol. The molecule has 0 saturated carbocycles. The number of carbonyl (C=O) groups excluding carboxylic acids is 1. The third-order valence-corrected chi connectivity index (χ3v) is 4.60. The molecule has 0 atom stereocenters. The van der Waals surface area contributed by atoms with Crippen molar-refractivity contribution < 1.29 is 14.6 Å². The molecule has 1 N–H and O–H groups in total. The zero-order valence-electron chi connectivity index (χ0n) is 14.0. The summed E-state index contributed by atoms with van der Waals surface area (Å²) in [5.41, 5.74) is 1.03. The molecule has 1 amide bonds. The Hall–Kier alpha value is -1.55. The zero-order valence-corrected chi connectivity index (χ0v) is 14.0. The summed E-state index contributed by atoms with van der Waals surface area (Å²) in [6.07, 6.45) is 7.73. The summed E-state index contributed by atoms with van der Waals surface area (Å²) in [5, 5.41) is 8.76. The number of benzene rings is 1. The number of piperidine rings is 1. The summed E-state index contributed by atoms with van der Waals surface area (Å²) in [5.74, 6) is 0.738. The lowest BCUT2D eigenvalue weighted by atomic mass is 9.91. The minimum absolute atomic E-state index is 0.185. The lowest BCUT2D eigenvalue weighted by molar-refractivity contribution is 0.0813. The average molecular weight is 319 g/mol. The maximum Gasteiger partial charge on any atom is 0.410 e. The van der Waals surface area contributed by atoms with Crippen LogP contribution in [0.3, 0.4) is 0 Å². The Kier molecular flexibility index (Phi) is 7.95. The first-order chi connectivity index (χ1) is 11.3. The number of aliphatic hydroxyl groups excluding tert-OH is 1. The van der Waals surface area contributed by atoms with Crippen molar-refractivity contribution >= 4 is 6.09 Å². The van der Waals surface area contributed by atoms with Gasteiger partial charge in [0, 0.05) is 19.7 Å². The number of likely N-dealkylation sites (tertiary alicyclic amines) is 1. The zero-order chi connectivity index (χ0) is 16.3. The van der Waals surface area contributed by atoms with Crippen molar-refractivity contribution in [3.8, 4) is 0 Å². The Morgan fingerprint density at radius 3 is 2.48 bits per heavy atom. The largest absolute Gasteiger partial charge is 0.445 e. The Balaban J connectivity index is 1.59. The number of amides is 1. The summed E-state index contributed by atoms with van der Waals surface area (Å²) < 4.78 is 5.39. The molecule has 2 rings (SSSR count). The van der Waals surface area contributed by atoms with Crippen molar-refractivity contribution in [2.24, 2.45) is 5.92 Å². The number of unbranched alkanes of at least 4 members (excludes halogenated alkanes) is 3. The summed E-state index contributed by atoms with van der Waals surface area (Å²) in [6.45, 7) is 2.29. The molecule has 0 bridgehead atoms. The number of hydrogen-bond acceptors (Lipinski definition) is 3. The van der Waals surface area contributed by atoms with Gasteiger partial charge in [-0.05, 0) is 30.7 Å². The first-order valence-electron chi connectivity index (χ1n) is 8.86. The van der Waals surface area contributed by atoms with E-state index >= 15 is 0 Å². The smallest absolute Gasteiger partial charge is 0.410 e. The van der Waals surface area contributed by atoms with Crippen molar-refractivity contribution in [2.75, 3.05) is 19.7 Å². The molecule has 1 aliphatic rings. The van der Waals surface area contributed by atoms with Gasteiger partial charge in [0.2, 0.25) is 0 Å². The number of carbonyl (C=O) groups is 1. The highest BCUT2D eigenvalue weighted by atomic mass is 16.6. The molecule has 128 valence electrons. The molecule has 0 unspecified atom stereocenters. The molecule has 1 aromatic rings. The third kappa shape index (κ3) is 6.61. The van der Waals surface area contributed by atoms with Crippen LogP contribution in [0.1, 0.15) is 50.5 Å². The second-order valence-corrected chi connectivity index (χ2v) is 6.40. The molecule has 4 nitrogen and oxygen atoms in total. The standard InChI is InChI=1S/C19H29NO3/c21-15-7-2-1-4-8-17-11-13-20(14-12-17)19(22)23-16-18-9-5-3-6-10-18/h3,5-6,9-10,17,21H,1-2,4,7-8,11-16H2. The van der Waals surface area contributed by atoms with Crippen LogP contribution in [-0.2, 0) is 11.3 Å². The van der Waals surface area contributed by atoms with Crippen LogP contribution in [-0.4, -0.2) is 35.8 Å². The van der Waals surface area contributed by atoms with Gasteiger partial charge in [0.25, 0.3) is 0 Å². The minimum atomic E-state index is -0.185. The molecule has 23 heavy (non-hydrogen) atoms. The molecule has 0 radical (unpaired) electrons. The van der Waals surface area contributed by atoms with Gasteiger partial charge in [-0.15, -0.1) is 0 Å². The fourth-order valence-corrected chi connectivity index (χ4v) is 3.11. The highest BCUT2D eigenvalue weighted by Gasteiger charge is 2.23. The molecular formula is C19H29NO3. The molecule has 1 aliphatic heterocycles. The van der Waals surface area contributed by atoms with Crippen LogP contribution in [0.2, 0.25) is 0 Å². The molecule has 1 aromatic carbocycles. The SMILES string of the molecule is O=C(OCc1ccccc1)N1CCC(CCCCCCO)CC1. The van der Waals surface area contributed by atoms with Crippen LogP contribution in [0.4, 0.5) is 4.79 Å². The summed E-state index contributed by atoms with van der Waals surface area (Å²) in [7, 11) is 0. The van der Waals surface area contributed by atoms with Gasteiger partial charge in [-0.25, -0.2) is 4.79 Å². The molecule has 1 heterocycles. The van der Waals surface area contributed by atoms with Gasteiger partial charge in [0.1, 0.15) is 6.61 Å². The second kappa shape index (κ2) is 10.3. The predicted molar refractivity (Wildman–Crippen MR) is 91.1 cm³/mol. The Labute approximate surface area is 139 Å². The highest BCUT2D eigenvalue weighted by Crippen LogP contribution is 2.23. The van der Waals surface area contributed by atoms with Crippen LogP contribution < -0.4 is 0 Å². The van der Waals surface area contributed by atoms with Crippen LogP contribution in [0.15, 0.2) is 30.3 Å². The van der Waals surface area contributed by atoms with Gasteiger partial charge in [0.15, 0.2) is 0 Å². The quantitative estimate of drug-likeness (QED) is 0.737. The van der Waals surface area contributed by atoms with Crippen LogP contribution in [0.25, 0.3) is 0 Å². The molecule has 1 saturated heterocycles. The van der Waals surface area contributed by atoms with Gasteiger partial charge < -0.3 is 14.7 Å². The molecule has 1 fully saturated rings. The maximum absolute atomic E-state index is 12.1. The van der Waals surface area contributed by atoms with Gasteiger partial charge >= 0.3 is 6.09 Å². The van der Waals surface area contributed by atoms with Crippen LogP contribution in [0, 0.1) is 5.92 Å². The number of aliphatic hydroxyl groups is 1. The Morgan fingerprint density at radius 2 is 1.78 bits per heavy atom. The van der Waals surface area contributed by atoms with E-state index in [2.05, 4.69) is 0 Å². The van der Waals surface area contributed by atoms with Crippen molar-refractivity contribution in [1.82, 2.24) is 4.90 Å². The average Bonchev–Trinajstić information content (AvgIpc) is 2.61. The number of hydrogen-bond donors (Lipinski definition) is 1. The summed E-state index contributed by atoms with van der Waals surface area (Å²) in [4.78, 5) is 13.9. The Bertz CT molecular complexity index is 441. The molecule has 0 aliphatic carbocycles. The van der Waals surface area contributed by atoms with Crippen LogP contribution >= 0.6 is 0 Å². The fraction of sp³-hybridized carbons (Fsp3) is 0.632. The van der Waals surface area contributed by atoms with Gasteiger partial charge in [0.05, 0.1) is 0 Å². The lowest BCUT2D eigenvalue weighted by Crippen LogP contribution is -2.38. The Morgan fingerprint density at radius 1 is 1.09 bits per heavy atom. The maximum atomic E-state index is 12.1. The predicted octanol–water partition coefficient (Wildman–Crippen LogP) is 3.98. The minimum Gasteiger partial charge on any atom is -0.445 e. The normalized spacial score (nSPS) is 15.6. The topological polar surface area (TPSA) is 49.8 Å². The van der Waals surface area contributed by atoms with Crippen molar-refractivity contribution in [3.63, 3.8) is 0 Å². The summed E-state index contributed by atoms with van der Waals surface area (Å²) in [6, 6.07) is 9.80. The molecule has 0 spiro atoms. The van der Waals surface area contributed by atoms with Crippen molar-refractivity contribution in [1.29, 1.82) is 0 Å². The second-order valence-electron chi connectivity index (χ2n) is 6.40. The molecule has 4 heteroatoms. The van der Waals surface area contributed by atoms with Gasteiger partial charge in [-0.3, -0.25) is 0 Å². The molecule has 0 aromatic heterocycles. The van der Waals surface area contributed by atoms with E-state index in [1.807, 2.05) is 35.2 Å². The van der Waals surface area contributed by atoms with E-state index in [0.29, 0.717) is 13.2 Å². The van der Waals surface area contributed by atoms with Crippen LogP contribution in [0.5, 0.6) is 0 Å². The number of ether oxygens (including phenoxy) is 1. The highest BCUT2D eigenvalue weighted by molar-refractivity contribution is 5.67. The van der Waals surface area contributed by atoms with Crippen molar-refractivity contribution in [2.45, 2.75) is 51.6 Å².